The number of aliphatic hydroxyl groups is 1. The Morgan fingerprint density at radius 2 is 2.11 bits per heavy atom. The predicted octanol–water partition coefficient (Wildman–Crippen LogP) is 2.48. The van der Waals surface area contributed by atoms with Crippen LogP contribution in [0, 0.1) is 11.6 Å². The Kier molecular flexibility index (Phi) is 4.97. The van der Waals surface area contributed by atoms with Gasteiger partial charge in [0, 0.05) is 18.3 Å². The molecule has 18 heavy (non-hydrogen) atoms. The lowest BCUT2D eigenvalue weighted by Crippen LogP contribution is -2.36. The van der Waals surface area contributed by atoms with Crippen molar-refractivity contribution in [2.45, 2.75) is 25.0 Å². The minimum Gasteiger partial charge on any atom is -0.387 e. The molecule has 1 saturated heterocycles. The van der Waals surface area contributed by atoms with E-state index in [4.69, 9.17) is 0 Å². The molecule has 1 aromatic carbocycles. The Labute approximate surface area is 110 Å². The normalized spacial score (nSPS) is 21.8. The van der Waals surface area contributed by atoms with Gasteiger partial charge >= 0.3 is 0 Å². The fraction of sp³-hybridized carbons (Fsp3) is 0.538. The van der Waals surface area contributed by atoms with Crippen molar-refractivity contribution >= 4 is 11.8 Å². The van der Waals surface area contributed by atoms with E-state index in [2.05, 4.69) is 5.32 Å². The van der Waals surface area contributed by atoms with Crippen LogP contribution >= 0.6 is 11.8 Å². The Morgan fingerprint density at radius 1 is 1.39 bits per heavy atom. The van der Waals surface area contributed by atoms with Gasteiger partial charge in [0.05, 0.1) is 11.7 Å². The molecule has 2 rings (SSSR count). The second kappa shape index (κ2) is 6.50. The van der Waals surface area contributed by atoms with E-state index in [1.807, 2.05) is 11.8 Å². The maximum atomic E-state index is 13.4. The third kappa shape index (κ3) is 3.43. The molecule has 0 aromatic heterocycles. The van der Waals surface area contributed by atoms with Crippen LogP contribution in [0.4, 0.5) is 8.78 Å². The second-order valence-electron chi connectivity index (χ2n) is 4.47. The number of rotatable bonds is 4. The van der Waals surface area contributed by atoms with Crippen LogP contribution < -0.4 is 5.32 Å². The molecule has 0 saturated carbocycles. The summed E-state index contributed by atoms with van der Waals surface area (Å²) in [5, 5.41) is 13.0. The molecule has 0 bridgehead atoms. The molecule has 0 aliphatic carbocycles. The van der Waals surface area contributed by atoms with Crippen LogP contribution in [0.1, 0.15) is 24.5 Å². The van der Waals surface area contributed by atoms with Gasteiger partial charge in [-0.1, -0.05) is 6.07 Å². The van der Waals surface area contributed by atoms with Gasteiger partial charge < -0.3 is 10.4 Å². The van der Waals surface area contributed by atoms with E-state index >= 15 is 0 Å². The average Bonchev–Trinajstić information content (AvgIpc) is 2.37. The van der Waals surface area contributed by atoms with Crippen molar-refractivity contribution < 1.29 is 13.9 Å². The SMILES string of the molecule is OC(CNC1CCCSC1)c1c(F)cccc1F. The van der Waals surface area contributed by atoms with E-state index in [1.165, 1.54) is 11.8 Å². The highest BCUT2D eigenvalue weighted by Gasteiger charge is 2.20. The lowest BCUT2D eigenvalue weighted by atomic mass is 10.1. The molecule has 0 amide bonds. The highest BCUT2D eigenvalue weighted by Crippen LogP contribution is 2.21. The Morgan fingerprint density at radius 3 is 2.72 bits per heavy atom. The third-order valence-electron chi connectivity index (χ3n) is 3.09. The molecule has 2 nitrogen and oxygen atoms in total. The van der Waals surface area contributed by atoms with Crippen molar-refractivity contribution in [3.8, 4) is 0 Å². The van der Waals surface area contributed by atoms with Gasteiger partial charge in [-0.05, 0) is 30.7 Å². The second-order valence-corrected chi connectivity index (χ2v) is 5.62. The Balaban J connectivity index is 1.92. The first-order valence-electron chi connectivity index (χ1n) is 6.11. The molecule has 100 valence electrons. The molecule has 1 aliphatic heterocycles. The van der Waals surface area contributed by atoms with Crippen LogP contribution in [-0.4, -0.2) is 29.2 Å². The van der Waals surface area contributed by atoms with Gasteiger partial charge in [0.15, 0.2) is 0 Å². The number of hydrogen-bond donors (Lipinski definition) is 2. The van der Waals surface area contributed by atoms with E-state index < -0.39 is 17.7 Å². The van der Waals surface area contributed by atoms with Crippen molar-refractivity contribution in [1.29, 1.82) is 0 Å². The van der Waals surface area contributed by atoms with Gasteiger partial charge in [0.2, 0.25) is 0 Å². The van der Waals surface area contributed by atoms with Gasteiger partial charge in [-0.2, -0.15) is 11.8 Å². The summed E-state index contributed by atoms with van der Waals surface area (Å²) < 4.78 is 26.9. The molecule has 1 heterocycles. The van der Waals surface area contributed by atoms with Gasteiger partial charge in [-0.3, -0.25) is 0 Å². The third-order valence-corrected chi connectivity index (χ3v) is 4.31. The van der Waals surface area contributed by atoms with Gasteiger partial charge in [-0.15, -0.1) is 0 Å². The summed E-state index contributed by atoms with van der Waals surface area (Å²) in [5.74, 6) is 0.777. The monoisotopic (exact) mass is 273 g/mol. The molecule has 0 spiro atoms. The quantitative estimate of drug-likeness (QED) is 0.884. The zero-order valence-electron chi connectivity index (χ0n) is 10.0. The maximum Gasteiger partial charge on any atom is 0.131 e. The van der Waals surface area contributed by atoms with Gasteiger partial charge in [0.25, 0.3) is 0 Å². The van der Waals surface area contributed by atoms with Crippen LogP contribution in [0.2, 0.25) is 0 Å². The zero-order chi connectivity index (χ0) is 13.0. The molecule has 1 fully saturated rings. The number of thioether (sulfide) groups is 1. The van der Waals surface area contributed by atoms with E-state index in [1.54, 1.807) is 0 Å². The topological polar surface area (TPSA) is 32.3 Å². The first-order chi connectivity index (χ1) is 8.68. The van der Waals surface area contributed by atoms with Crippen molar-refractivity contribution in [2.75, 3.05) is 18.1 Å². The summed E-state index contributed by atoms with van der Waals surface area (Å²) in [4.78, 5) is 0. The fourth-order valence-corrected chi connectivity index (χ4v) is 3.22. The molecular formula is C13H17F2NOS. The van der Waals surface area contributed by atoms with Crippen molar-refractivity contribution in [2.24, 2.45) is 0 Å². The maximum absolute atomic E-state index is 13.4. The summed E-state index contributed by atoms with van der Waals surface area (Å²) in [6, 6.07) is 3.95. The highest BCUT2D eigenvalue weighted by molar-refractivity contribution is 7.99. The molecule has 2 N–H and O–H groups in total. The molecule has 0 radical (unpaired) electrons. The van der Waals surface area contributed by atoms with Crippen LogP contribution in [0.5, 0.6) is 0 Å². The lowest BCUT2D eigenvalue weighted by Gasteiger charge is -2.24. The molecule has 5 heteroatoms. The first kappa shape index (κ1) is 13.8. The van der Waals surface area contributed by atoms with Crippen molar-refractivity contribution in [3.05, 3.63) is 35.4 Å². The summed E-state index contributed by atoms with van der Waals surface area (Å²) in [5.41, 5.74) is -0.242. The largest absolute Gasteiger partial charge is 0.387 e. The first-order valence-corrected chi connectivity index (χ1v) is 7.27. The average molecular weight is 273 g/mol. The summed E-state index contributed by atoms with van der Waals surface area (Å²) in [6.45, 7) is 0.184. The summed E-state index contributed by atoms with van der Waals surface area (Å²) >= 11 is 1.86. The van der Waals surface area contributed by atoms with Crippen LogP contribution in [0.15, 0.2) is 18.2 Å². The fourth-order valence-electron chi connectivity index (χ4n) is 2.11. The lowest BCUT2D eigenvalue weighted by molar-refractivity contribution is 0.160. The number of benzene rings is 1. The van der Waals surface area contributed by atoms with E-state index in [-0.39, 0.29) is 12.1 Å². The molecule has 2 atom stereocenters. The Hall–Kier alpha value is -0.650. The van der Waals surface area contributed by atoms with E-state index in [0.717, 1.165) is 30.7 Å². The molecular weight excluding hydrogens is 256 g/mol. The number of nitrogens with one attached hydrogen (secondary N) is 1. The molecule has 1 aromatic rings. The van der Waals surface area contributed by atoms with Gasteiger partial charge in [0.1, 0.15) is 11.6 Å². The number of halogens is 2. The van der Waals surface area contributed by atoms with Crippen molar-refractivity contribution in [3.63, 3.8) is 0 Å². The van der Waals surface area contributed by atoms with Crippen LogP contribution in [0.25, 0.3) is 0 Å². The minimum atomic E-state index is -1.14. The standard InChI is InChI=1S/C13H17F2NOS/c14-10-4-1-5-11(15)13(10)12(17)7-16-9-3-2-6-18-8-9/h1,4-5,9,12,16-17H,2-3,6-8H2. The molecule has 1 aliphatic rings. The highest BCUT2D eigenvalue weighted by atomic mass is 32.2. The van der Waals surface area contributed by atoms with E-state index in [9.17, 15) is 13.9 Å². The van der Waals surface area contributed by atoms with E-state index in [0.29, 0.717) is 6.04 Å². The number of aliphatic hydroxyl groups excluding tert-OH is 1. The van der Waals surface area contributed by atoms with Gasteiger partial charge in [-0.25, -0.2) is 8.78 Å². The zero-order valence-corrected chi connectivity index (χ0v) is 10.9. The van der Waals surface area contributed by atoms with Crippen molar-refractivity contribution in [1.82, 2.24) is 5.32 Å². The summed E-state index contributed by atoms with van der Waals surface area (Å²) in [6.07, 6.45) is 1.06. The smallest absolute Gasteiger partial charge is 0.131 e. The summed E-state index contributed by atoms with van der Waals surface area (Å²) in [7, 11) is 0. The molecule has 2 unspecified atom stereocenters. The minimum absolute atomic E-state index is 0.184. The van der Waals surface area contributed by atoms with Crippen LogP contribution in [0.3, 0.4) is 0 Å². The van der Waals surface area contributed by atoms with Crippen LogP contribution in [-0.2, 0) is 0 Å². The number of hydrogen-bond acceptors (Lipinski definition) is 3. The Bertz CT molecular complexity index is 376. The predicted molar refractivity (Wildman–Crippen MR) is 69.7 cm³/mol.